The van der Waals surface area contributed by atoms with E-state index in [0.29, 0.717) is 16.1 Å². The third-order valence-corrected chi connectivity index (χ3v) is 3.08. The molecule has 0 saturated heterocycles. The number of thiophene rings is 1. The molecule has 4 heteroatoms. The number of anilines is 1. The number of fused-ring (bicyclic) bond motifs is 1. The van der Waals surface area contributed by atoms with Crippen LogP contribution in [0.5, 0.6) is 0 Å². The topological polar surface area (TPSA) is 66.9 Å². The molecule has 0 unspecified atom stereocenters. The lowest BCUT2D eigenvalue weighted by molar-refractivity contribution is 0.112. The van der Waals surface area contributed by atoms with Crippen LogP contribution in [0.2, 0.25) is 0 Å². The molecular weight excluding hydrogens is 196 g/mol. The van der Waals surface area contributed by atoms with Gasteiger partial charge in [0.05, 0.1) is 5.56 Å². The third kappa shape index (κ3) is 1.15. The minimum Gasteiger partial charge on any atom is -0.398 e. The first-order valence-corrected chi connectivity index (χ1v) is 4.75. The van der Waals surface area contributed by atoms with Gasteiger partial charge in [-0.1, -0.05) is 6.07 Å². The molecule has 0 fully saturated rings. The molecule has 0 spiro atoms. The van der Waals surface area contributed by atoms with E-state index >= 15 is 0 Å². The maximum absolute atomic E-state index is 10.8. The van der Waals surface area contributed by atoms with Crippen molar-refractivity contribution in [2.45, 2.75) is 0 Å². The zero-order valence-electron chi connectivity index (χ0n) is 7.15. The molecule has 68 valence electrons. The zero-order chi connectivity index (χ0) is 10.1. The molecule has 0 bridgehead atoms. The maximum atomic E-state index is 10.8. The van der Waals surface area contributed by atoms with E-state index in [1.165, 1.54) is 11.3 Å². The van der Waals surface area contributed by atoms with Crippen molar-refractivity contribution in [2.24, 2.45) is 0 Å². The summed E-state index contributed by atoms with van der Waals surface area (Å²) in [6, 6.07) is 7.30. The van der Waals surface area contributed by atoms with Gasteiger partial charge in [-0.05, 0) is 17.5 Å². The number of hydrogen-bond donors (Lipinski definition) is 1. The van der Waals surface area contributed by atoms with Gasteiger partial charge in [-0.3, -0.25) is 4.79 Å². The Morgan fingerprint density at radius 2 is 2.29 bits per heavy atom. The quantitative estimate of drug-likeness (QED) is 0.569. The average molecular weight is 202 g/mol. The Bertz CT molecular complexity index is 551. The minimum absolute atomic E-state index is 0.457. The molecule has 14 heavy (non-hydrogen) atoms. The van der Waals surface area contributed by atoms with Crippen molar-refractivity contribution in [2.75, 3.05) is 5.73 Å². The molecule has 2 N–H and O–H groups in total. The number of carbonyl (C=O) groups is 1. The molecular formula is C10H6N2OS. The van der Waals surface area contributed by atoms with Crippen LogP contribution in [0.4, 0.5) is 5.69 Å². The summed E-state index contributed by atoms with van der Waals surface area (Å²) in [6.45, 7) is 0. The lowest BCUT2D eigenvalue weighted by Gasteiger charge is -1.97. The summed E-state index contributed by atoms with van der Waals surface area (Å²) in [5.74, 6) is 0. The summed E-state index contributed by atoms with van der Waals surface area (Å²) < 4.78 is 0.788. The van der Waals surface area contributed by atoms with Crippen molar-refractivity contribution < 1.29 is 4.79 Å². The van der Waals surface area contributed by atoms with Crippen LogP contribution < -0.4 is 5.73 Å². The number of hydrogen-bond acceptors (Lipinski definition) is 4. The maximum Gasteiger partial charge on any atom is 0.153 e. The summed E-state index contributed by atoms with van der Waals surface area (Å²) in [4.78, 5) is 11.4. The van der Waals surface area contributed by atoms with Crippen LogP contribution in [-0.2, 0) is 0 Å². The van der Waals surface area contributed by atoms with Crippen molar-refractivity contribution in [3.8, 4) is 6.07 Å². The van der Waals surface area contributed by atoms with Crippen molar-refractivity contribution in [3.63, 3.8) is 0 Å². The SMILES string of the molecule is N#Cc1cc2ccc(N)c(C=O)c2s1. The van der Waals surface area contributed by atoms with E-state index in [0.717, 1.165) is 16.4 Å². The molecule has 0 aliphatic rings. The van der Waals surface area contributed by atoms with Gasteiger partial charge in [-0.25, -0.2) is 0 Å². The second-order valence-electron chi connectivity index (χ2n) is 2.83. The molecule has 3 nitrogen and oxygen atoms in total. The Kier molecular flexibility index (Phi) is 1.95. The van der Waals surface area contributed by atoms with Crippen LogP contribution in [0.25, 0.3) is 10.1 Å². The van der Waals surface area contributed by atoms with Gasteiger partial charge in [0, 0.05) is 10.4 Å². The number of nitrogen functional groups attached to an aromatic ring is 1. The normalized spacial score (nSPS) is 9.93. The van der Waals surface area contributed by atoms with Crippen molar-refractivity contribution in [1.29, 1.82) is 5.26 Å². The second-order valence-corrected chi connectivity index (χ2v) is 3.88. The Morgan fingerprint density at radius 1 is 1.50 bits per heavy atom. The predicted molar refractivity (Wildman–Crippen MR) is 56.3 cm³/mol. The minimum atomic E-state index is 0.457. The number of nitrogens with zero attached hydrogens (tertiary/aromatic N) is 1. The molecule has 2 rings (SSSR count). The summed E-state index contributed by atoms with van der Waals surface area (Å²) >= 11 is 1.29. The molecule has 0 atom stereocenters. The molecule has 0 saturated carbocycles. The fourth-order valence-electron chi connectivity index (χ4n) is 1.32. The highest BCUT2D eigenvalue weighted by atomic mass is 32.1. The smallest absolute Gasteiger partial charge is 0.153 e. The van der Waals surface area contributed by atoms with Crippen LogP contribution in [0.1, 0.15) is 15.2 Å². The highest BCUT2D eigenvalue weighted by molar-refractivity contribution is 7.20. The molecule has 1 aromatic heterocycles. The monoisotopic (exact) mass is 202 g/mol. The van der Waals surface area contributed by atoms with Gasteiger partial charge in [-0.15, -0.1) is 11.3 Å². The zero-order valence-corrected chi connectivity index (χ0v) is 7.97. The van der Waals surface area contributed by atoms with Crippen LogP contribution >= 0.6 is 11.3 Å². The third-order valence-electron chi connectivity index (χ3n) is 1.99. The molecule has 0 aliphatic carbocycles. The summed E-state index contributed by atoms with van der Waals surface area (Å²) in [5.41, 5.74) is 6.58. The van der Waals surface area contributed by atoms with E-state index in [-0.39, 0.29) is 0 Å². The van der Waals surface area contributed by atoms with Crippen LogP contribution in [0.15, 0.2) is 18.2 Å². The molecule has 0 amide bonds. The number of nitrogens with two attached hydrogens (primary N) is 1. The number of nitriles is 1. The van der Waals surface area contributed by atoms with E-state index in [1.807, 2.05) is 12.1 Å². The average Bonchev–Trinajstić information content (AvgIpc) is 2.60. The standard InChI is InChI=1S/C10H6N2OS/c11-4-7-3-6-1-2-9(12)8(5-13)10(6)14-7/h1-3,5H,12H2. The van der Waals surface area contributed by atoms with Crippen LogP contribution in [-0.4, -0.2) is 6.29 Å². The highest BCUT2D eigenvalue weighted by Gasteiger charge is 2.08. The molecule has 0 aliphatic heterocycles. The van der Waals surface area contributed by atoms with Crippen LogP contribution in [0.3, 0.4) is 0 Å². The van der Waals surface area contributed by atoms with Crippen LogP contribution in [0, 0.1) is 11.3 Å². The lowest BCUT2D eigenvalue weighted by atomic mass is 10.1. The van der Waals surface area contributed by atoms with Gasteiger partial charge in [-0.2, -0.15) is 5.26 Å². The van der Waals surface area contributed by atoms with E-state index in [4.69, 9.17) is 11.0 Å². The number of aldehydes is 1. The number of rotatable bonds is 1. The molecule has 1 aromatic carbocycles. The van der Waals surface area contributed by atoms with Gasteiger partial charge in [0.2, 0.25) is 0 Å². The van der Waals surface area contributed by atoms with Crippen molar-refractivity contribution in [1.82, 2.24) is 0 Å². The van der Waals surface area contributed by atoms with E-state index in [2.05, 4.69) is 0 Å². The van der Waals surface area contributed by atoms with E-state index in [1.54, 1.807) is 12.1 Å². The number of benzene rings is 1. The first-order valence-electron chi connectivity index (χ1n) is 3.93. The Balaban J connectivity index is 2.87. The lowest BCUT2D eigenvalue weighted by Crippen LogP contribution is -1.91. The Hall–Kier alpha value is -1.86. The second kappa shape index (κ2) is 3.13. The van der Waals surface area contributed by atoms with Gasteiger partial charge in [0.1, 0.15) is 10.9 Å². The number of carbonyl (C=O) groups excluding carboxylic acids is 1. The molecule has 1 heterocycles. The molecule has 0 radical (unpaired) electrons. The summed E-state index contributed by atoms with van der Waals surface area (Å²) in [6.07, 6.45) is 0.731. The Morgan fingerprint density at radius 3 is 2.93 bits per heavy atom. The fraction of sp³-hybridized carbons (Fsp3) is 0. The first-order chi connectivity index (χ1) is 6.76. The van der Waals surface area contributed by atoms with Crippen molar-refractivity contribution >= 4 is 33.4 Å². The summed E-state index contributed by atoms with van der Waals surface area (Å²) in [5, 5.41) is 9.60. The van der Waals surface area contributed by atoms with Gasteiger partial charge in [0.25, 0.3) is 0 Å². The van der Waals surface area contributed by atoms with Gasteiger partial charge < -0.3 is 5.73 Å². The summed E-state index contributed by atoms with van der Waals surface area (Å²) in [7, 11) is 0. The Labute approximate surface area is 84.4 Å². The van der Waals surface area contributed by atoms with E-state index in [9.17, 15) is 4.79 Å². The predicted octanol–water partition coefficient (Wildman–Crippen LogP) is 2.17. The van der Waals surface area contributed by atoms with E-state index < -0.39 is 0 Å². The fourth-order valence-corrected chi connectivity index (χ4v) is 2.29. The van der Waals surface area contributed by atoms with Gasteiger partial charge >= 0.3 is 0 Å². The molecule has 2 aromatic rings. The largest absolute Gasteiger partial charge is 0.398 e. The highest BCUT2D eigenvalue weighted by Crippen LogP contribution is 2.30. The van der Waals surface area contributed by atoms with Crippen molar-refractivity contribution in [3.05, 3.63) is 28.6 Å². The first kappa shape index (κ1) is 8.73. The van der Waals surface area contributed by atoms with Gasteiger partial charge in [0.15, 0.2) is 6.29 Å².